The number of benzene rings is 1. The number of furan rings is 1. The highest BCUT2D eigenvalue weighted by atomic mass is 35.5. The molecule has 1 atom stereocenters. The number of aliphatic carboxylic acids is 1. The molecule has 0 aliphatic carbocycles. The number of aromatic carboxylic acids is 1. The van der Waals surface area contributed by atoms with Gasteiger partial charge in [0.05, 0.1) is 43.1 Å². The van der Waals surface area contributed by atoms with Crippen LogP contribution in [0.3, 0.4) is 0 Å². The maximum absolute atomic E-state index is 13.2. The number of hydrogen-bond acceptors (Lipinski definition) is 10. The number of anilines is 1. The topological polar surface area (TPSA) is 199 Å². The van der Waals surface area contributed by atoms with Crippen molar-refractivity contribution in [3.63, 3.8) is 0 Å². The molecular weight excluding hydrogens is 623 g/mol. The van der Waals surface area contributed by atoms with Gasteiger partial charge in [0, 0.05) is 29.5 Å². The Morgan fingerprint density at radius 2 is 1.75 bits per heavy atom. The van der Waals surface area contributed by atoms with Crippen molar-refractivity contribution in [1.82, 2.24) is 15.6 Å². The molecule has 44 heavy (non-hydrogen) atoms. The minimum atomic E-state index is -1.26. The number of rotatable bonds is 18. The van der Waals surface area contributed by atoms with E-state index in [-0.39, 0.29) is 57.2 Å². The van der Waals surface area contributed by atoms with Gasteiger partial charge in [0.25, 0.3) is 0 Å². The average Bonchev–Trinajstić information content (AvgIpc) is 3.46. The smallest absolute Gasteiger partial charge is 0.407 e. The van der Waals surface area contributed by atoms with Crippen LogP contribution in [0.2, 0.25) is 10.0 Å². The molecule has 0 saturated heterocycles. The van der Waals surface area contributed by atoms with Gasteiger partial charge in [-0.3, -0.25) is 15.1 Å². The summed E-state index contributed by atoms with van der Waals surface area (Å²) < 4.78 is 20.9. The summed E-state index contributed by atoms with van der Waals surface area (Å²) >= 11 is 12.4. The van der Waals surface area contributed by atoms with Crippen LogP contribution in [0, 0.1) is 0 Å². The Hall–Kier alpha value is -4.21. The van der Waals surface area contributed by atoms with Gasteiger partial charge in [0.1, 0.15) is 30.3 Å². The highest BCUT2D eigenvalue weighted by Crippen LogP contribution is 2.31. The van der Waals surface area contributed by atoms with Gasteiger partial charge < -0.3 is 39.5 Å². The summed E-state index contributed by atoms with van der Waals surface area (Å²) in [7, 11) is 0. The lowest BCUT2D eigenvalue weighted by Crippen LogP contribution is -2.43. The molecule has 5 N–H and O–H groups in total. The molecule has 2 heterocycles. The van der Waals surface area contributed by atoms with Gasteiger partial charge in [-0.15, -0.1) is 0 Å². The Bertz CT molecular complexity index is 1430. The molecule has 2 aromatic heterocycles. The standard InChI is InChI=1S/C28H30Cl2N4O10/c29-17-1-3-21(30)19(13-17)24-4-2-18(44-24)14-33-23(26(37)34-22-5-7-31-15-20(22)27(38)39)6-8-32-28(40)43-12-11-41-9-10-42-16-25(35)36/h1-5,7,13,15,23,33H,6,8-12,14,16H2,(H,32,40)(H,35,36)(H,38,39)(H,31,34,37). The summed E-state index contributed by atoms with van der Waals surface area (Å²) in [6.07, 6.45) is 1.82. The molecule has 0 aliphatic heterocycles. The first-order chi connectivity index (χ1) is 21.1. The summed E-state index contributed by atoms with van der Waals surface area (Å²) in [5, 5.41) is 27.0. The van der Waals surface area contributed by atoms with Crippen molar-refractivity contribution in [2.24, 2.45) is 0 Å². The van der Waals surface area contributed by atoms with Crippen molar-refractivity contribution in [2.45, 2.75) is 19.0 Å². The van der Waals surface area contributed by atoms with Crippen molar-refractivity contribution in [1.29, 1.82) is 0 Å². The number of carbonyl (C=O) groups excluding carboxylic acids is 2. The van der Waals surface area contributed by atoms with Gasteiger partial charge in [-0.2, -0.15) is 0 Å². The SMILES string of the molecule is O=C(O)COCCOCCOC(=O)NCCC(NCc1ccc(-c2cc(Cl)ccc2Cl)o1)C(=O)Nc1ccncc1C(=O)O. The van der Waals surface area contributed by atoms with Crippen molar-refractivity contribution in [3.8, 4) is 11.3 Å². The van der Waals surface area contributed by atoms with E-state index in [1.165, 1.54) is 12.3 Å². The van der Waals surface area contributed by atoms with Crippen LogP contribution < -0.4 is 16.0 Å². The summed E-state index contributed by atoms with van der Waals surface area (Å²) in [6.45, 7) is -0.0843. The number of carboxylic acids is 2. The van der Waals surface area contributed by atoms with Crippen molar-refractivity contribution >= 4 is 52.8 Å². The molecule has 0 fully saturated rings. The van der Waals surface area contributed by atoms with E-state index in [1.807, 2.05) is 0 Å². The number of carbonyl (C=O) groups is 4. The molecule has 0 spiro atoms. The van der Waals surface area contributed by atoms with E-state index >= 15 is 0 Å². The van der Waals surface area contributed by atoms with E-state index in [0.29, 0.717) is 27.1 Å². The Kier molecular flexibility index (Phi) is 13.9. The highest BCUT2D eigenvalue weighted by Gasteiger charge is 2.22. The second-order valence-electron chi connectivity index (χ2n) is 8.95. The average molecular weight is 653 g/mol. The summed E-state index contributed by atoms with van der Waals surface area (Å²) in [6, 6.07) is 8.85. The number of alkyl carbamates (subject to hydrolysis) is 1. The predicted molar refractivity (Wildman–Crippen MR) is 158 cm³/mol. The highest BCUT2D eigenvalue weighted by molar-refractivity contribution is 6.35. The van der Waals surface area contributed by atoms with Crippen LogP contribution in [0.5, 0.6) is 0 Å². The van der Waals surface area contributed by atoms with E-state index in [4.69, 9.17) is 46.9 Å². The Morgan fingerprint density at radius 1 is 0.977 bits per heavy atom. The van der Waals surface area contributed by atoms with Gasteiger partial charge in [-0.1, -0.05) is 23.2 Å². The third-order valence-corrected chi connectivity index (χ3v) is 6.33. The van der Waals surface area contributed by atoms with Gasteiger partial charge in [0.15, 0.2) is 0 Å². The molecule has 2 amide bonds. The van der Waals surface area contributed by atoms with Gasteiger partial charge >= 0.3 is 18.0 Å². The van der Waals surface area contributed by atoms with Gasteiger partial charge in [-0.05, 0) is 42.8 Å². The number of carboxylic acid groups (broad SMARTS) is 2. The molecule has 236 valence electrons. The number of ether oxygens (including phenoxy) is 3. The number of pyridine rings is 1. The van der Waals surface area contributed by atoms with Crippen LogP contribution in [-0.2, 0) is 30.3 Å². The molecule has 0 aliphatic rings. The third-order valence-electron chi connectivity index (χ3n) is 5.76. The van der Waals surface area contributed by atoms with E-state index in [9.17, 15) is 24.3 Å². The van der Waals surface area contributed by atoms with Crippen molar-refractivity contribution < 1.29 is 48.0 Å². The zero-order chi connectivity index (χ0) is 31.9. The molecular formula is C28H30Cl2N4O10. The summed E-state index contributed by atoms with van der Waals surface area (Å²) in [5.41, 5.74) is 0.463. The molecule has 14 nitrogen and oxygen atoms in total. The second-order valence-corrected chi connectivity index (χ2v) is 9.79. The monoisotopic (exact) mass is 652 g/mol. The first kappa shape index (κ1) is 34.3. The Morgan fingerprint density at radius 3 is 2.52 bits per heavy atom. The zero-order valence-corrected chi connectivity index (χ0v) is 24.7. The van der Waals surface area contributed by atoms with Gasteiger partial charge in [-0.25, -0.2) is 14.4 Å². The number of aromatic nitrogens is 1. The maximum Gasteiger partial charge on any atom is 0.407 e. The number of hydrogen-bond donors (Lipinski definition) is 5. The normalized spacial score (nSPS) is 11.5. The largest absolute Gasteiger partial charge is 0.480 e. The number of nitrogens with one attached hydrogen (secondary N) is 3. The van der Waals surface area contributed by atoms with Crippen LogP contribution in [0.1, 0.15) is 22.5 Å². The number of amides is 2. The van der Waals surface area contributed by atoms with Crippen LogP contribution in [0.15, 0.2) is 53.2 Å². The Balaban J connectivity index is 1.55. The fourth-order valence-electron chi connectivity index (χ4n) is 3.69. The lowest BCUT2D eigenvalue weighted by atomic mass is 10.1. The molecule has 16 heteroatoms. The van der Waals surface area contributed by atoms with Crippen molar-refractivity contribution in [3.05, 3.63) is 70.2 Å². The molecule has 0 saturated carbocycles. The fourth-order valence-corrected chi connectivity index (χ4v) is 4.07. The minimum Gasteiger partial charge on any atom is -0.480 e. The lowest BCUT2D eigenvalue weighted by Gasteiger charge is -2.19. The summed E-state index contributed by atoms with van der Waals surface area (Å²) in [5.74, 6) is -1.96. The van der Waals surface area contributed by atoms with E-state index in [0.717, 1.165) is 6.20 Å². The minimum absolute atomic E-state index is 0.0253. The number of nitrogens with zero attached hydrogens (tertiary/aromatic N) is 1. The van der Waals surface area contributed by atoms with Gasteiger partial charge in [0.2, 0.25) is 5.91 Å². The molecule has 3 aromatic rings. The van der Waals surface area contributed by atoms with Crippen LogP contribution in [-0.4, -0.2) is 84.8 Å². The first-order valence-corrected chi connectivity index (χ1v) is 13.9. The molecule has 1 unspecified atom stereocenters. The first-order valence-electron chi connectivity index (χ1n) is 13.2. The lowest BCUT2D eigenvalue weighted by molar-refractivity contribution is -0.142. The van der Waals surface area contributed by atoms with Crippen LogP contribution in [0.4, 0.5) is 10.5 Å². The van der Waals surface area contributed by atoms with Crippen molar-refractivity contribution in [2.75, 3.05) is 44.9 Å². The molecule has 0 radical (unpaired) electrons. The van der Waals surface area contributed by atoms with Crippen LogP contribution >= 0.6 is 23.2 Å². The van der Waals surface area contributed by atoms with E-state index in [1.54, 1.807) is 30.3 Å². The Labute approximate surface area is 261 Å². The molecule has 1 aromatic carbocycles. The second kappa shape index (κ2) is 17.8. The fraction of sp³-hybridized carbons (Fsp3) is 0.321. The van der Waals surface area contributed by atoms with Crippen LogP contribution in [0.25, 0.3) is 11.3 Å². The van der Waals surface area contributed by atoms with E-state index < -0.39 is 36.6 Å². The molecule has 3 rings (SSSR count). The number of halogens is 2. The third kappa shape index (κ3) is 11.5. The summed E-state index contributed by atoms with van der Waals surface area (Å²) in [4.78, 5) is 51.0. The maximum atomic E-state index is 13.2. The predicted octanol–water partition coefficient (Wildman–Crippen LogP) is 3.68. The quantitative estimate of drug-likeness (QED) is 0.125. The zero-order valence-electron chi connectivity index (χ0n) is 23.2. The van der Waals surface area contributed by atoms with E-state index in [2.05, 4.69) is 20.9 Å². The molecule has 0 bridgehead atoms.